The van der Waals surface area contributed by atoms with Crippen LogP contribution in [0.4, 0.5) is 0 Å². The standard InChI is InChI=1S/C18H21/c1-5-15-8-7-9-16(6-2)18(15)17-11-13(3)10-14(4)12-17/h7-11H,5-6H2,1-4H3. The maximum atomic E-state index is 3.51. The number of aryl methyl sites for hydroxylation is 4. The Kier molecular flexibility index (Phi) is 3.86. The molecule has 0 unspecified atom stereocenters. The quantitative estimate of drug-likeness (QED) is 0.712. The maximum absolute atomic E-state index is 3.51. The van der Waals surface area contributed by atoms with Gasteiger partial charge in [-0.1, -0.05) is 49.7 Å². The molecule has 0 aliphatic heterocycles. The summed E-state index contributed by atoms with van der Waals surface area (Å²) in [6.07, 6.45) is 2.15. The molecule has 0 bridgehead atoms. The van der Waals surface area contributed by atoms with Gasteiger partial charge in [-0.2, -0.15) is 0 Å². The lowest BCUT2D eigenvalue weighted by Crippen LogP contribution is -1.95. The lowest BCUT2D eigenvalue weighted by atomic mass is 9.90. The van der Waals surface area contributed by atoms with Crippen molar-refractivity contribution < 1.29 is 0 Å². The Bertz CT molecular complexity index is 507. The minimum Gasteiger partial charge on any atom is -0.0617 e. The van der Waals surface area contributed by atoms with Crippen molar-refractivity contribution in [3.05, 3.63) is 58.7 Å². The third kappa shape index (κ3) is 2.48. The highest BCUT2D eigenvalue weighted by molar-refractivity contribution is 5.72. The summed E-state index contributed by atoms with van der Waals surface area (Å²) in [4.78, 5) is 0. The van der Waals surface area contributed by atoms with Gasteiger partial charge in [0, 0.05) is 0 Å². The van der Waals surface area contributed by atoms with Gasteiger partial charge < -0.3 is 0 Å². The fourth-order valence-electron chi connectivity index (χ4n) is 2.62. The molecule has 18 heavy (non-hydrogen) atoms. The summed E-state index contributed by atoms with van der Waals surface area (Å²) in [7, 11) is 0. The van der Waals surface area contributed by atoms with Gasteiger partial charge >= 0.3 is 0 Å². The first kappa shape index (κ1) is 12.9. The minimum atomic E-state index is 1.07. The van der Waals surface area contributed by atoms with E-state index in [1.54, 1.807) is 0 Å². The summed E-state index contributed by atoms with van der Waals surface area (Å²) in [6, 6.07) is 14.6. The number of rotatable bonds is 3. The molecule has 93 valence electrons. The molecular formula is C18H21. The van der Waals surface area contributed by atoms with E-state index in [0.29, 0.717) is 0 Å². The minimum absolute atomic E-state index is 1.07. The van der Waals surface area contributed by atoms with Crippen LogP contribution in [0.5, 0.6) is 0 Å². The zero-order valence-electron chi connectivity index (χ0n) is 11.8. The Balaban J connectivity index is 2.68. The molecule has 0 spiro atoms. The SMILES string of the molecule is CCc1cccc(CC)c1-c1[c]c(C)cc(C)c1. The smallest absolute Gasteiger partial charge is 0.00668 e. The third-order valence-electron chi connectivity index (χ3n) is 3.42. The molecule has 0 heterocycles. The molecule has 0 saturated carbocycles. The van der Waals surface area contributed by atoms with E-state index in [1.165, 1.54) is 33.4 Å². The Labute approximate surface area is 111 Å². The van der Waals surface area contributed by atoms with E-state index < -0.39 is 0 Å². The topological polar surface area (TPSA) is 0 Å². The number of hydrogen-bond acceptors (Lipinski definition) is 0. The summed E-state index contributed by atoms with van der Waals surface area (Å²) in [5.41, 5.74) is 8.04. The van der Waals surface area contributed by atoms with Crippen LogP contribution >= 0.6 is 0 Å². The Morgan fingerprint density at radius 3 is 2.06 bits per heavy atom. The highest BCUT2D eigenvalue weighted by Crippen LogP contribution is 2.29. The Hall–Kier alpha value is -1.56. The molecule has 2 aromatic carbocycles. The molecule has 0 saturated heterocycles. The van der Waals surface area contributed by atoms with E-state index in [9.17, 15) is 0 Å². The molecule has 1 radical (unpaired) electrons. The summed E-state index contributed by atoms with van der Waals surface area (Å²) < 4.78 is 0. The van der Waals surface area contributed by atoms with Crippen LogP contribution in [0.1, 0.15) is 36.1 Å². The van der Waals surface area contributed by atoms with Gasteiger partial charge in [0.15, 0.2) is 0 Å². The van der Waals surface area contributed by atoms with Gasteiger partial charge in [-0.3, -0.25) is 0 Å². The molecule has 0 atom stereocenters. The van der Waals surface area contributed by atoms with Crippen molar-refractivity contribution in [2.75, 3.05) is 0 Å². The van der Waals surface area contributed by atoms with Crippen LogP contribution in [-0.4, -0.2) is 0 Å². The van der Waals surface area contributed by atoms with Crippen LogP contribution in [-0.2, 0) is 12.8 Å². The molecule has 0 amide bonds. The Morgan fingerprint density at radius 2 is 1.56 bits per heavy atom. The average molecular weight is 237 g/mol. The lowest BCUT2D eigenvalue weighted by molar-refractivity contribution is 1.09. The fourth-order valence-corrected chi connectivity index (χ4v) is 2.62. The van der Waals surface area contributed by atoms with Gasteiger partial charge in [-0.05, 0) is 60.6 Å². The molecule has 2 rings (SSSR count). The summed E-state index contributed by atoms with van der Waals surface area (Å²) >= 11 is 0. The predicted molar refractivity (Wildman–Crippen MR) is 78.9 cm³/mol. The number of benzene rings is 2. The van der Waals surface area contributed by atoms with Crippen molar-refractivity contribution in [2.24, 2.45) is 0 Å². The van der Waals surface area contributed by atoms with Crippen LogP contribution in [0.3, 0.4) is 0 Å². The van der Waals surface area contributed by atoms with Crippen LogP contribution < -0.4 is 0 Å². The molecule has 0 nitrogen and oxygen atoms in total. The first-order valence-electron chi connectivity index (χ1n) is 6.77. The van der Waals surface area contributed by atoms with Gasteiger partial charge in [0.2, 0.25) is 0 Å². The van der Waals surface area contributed by atoms with Gasteiger partial charge in [-0.15, -0.1) is 0 Å². The molecule has 0 aliphatic carbocycles. The summed E-state index contributed by atoms with van der Waals surface area (Å²) in [5, 5.41) is 0. The second kappa shape index (κ2) is 5.39. The van der Waals surface area contributed by atoms with Crippen LogP contribution in [0.15, 0.2) is 30.3 Å². The summed E-state index contributed by atoms with van der Waals surface area (Å²) in [5.74, 6) is 0. The molecule has 0 fully saturated rings. The second-order valence-electron chi connectivity index (χ2n) is 4.91. The van der Waals surface area contributed by atoms with Crippen molar-refractivity contribution in [3.8, 4) is 11.1 Å². The van der Waals surface area contributed by atoms with Crippen LogP contribution in [0, 0.1) is 19.9 Å². The predicted octanol–water partition coefficient (Wildman–Crippen LogP) is 4.90. The fraction of sp³-hybridized carbons (Fsp3) is 0.333. The van der Waals surface area contributed by atoms with E-state index >= 15 is 0 Å². The largest absolute Gasteiger partial charge is 0.0617 e. The lowest BCUT2D eigenvalue weighted by Gasteiger charge is -2.14. The maximum Gasteiger partial charge on any atom is -0.00668 e. The van der Waals surface area contributed by atoms with Crippen molar-refractivity contribution >= 4 is 0 Å². The Morgan fingerprint density at radius 1 is 0.944 bits per heavy atom. The first-order chi connectivity index (χ1) is 8.65. The van der Waals surface area contributed by atoms with Crippen molar-refractivity contribution in [3.63, 3.8) is 0 Å². The van der Waals surface area contributed by atoms with Crippen molar-refractivity contribution in [1.82, 2.24) is 0 Å². The molecule has 0 N–H and O–H groups in total. The zero-order valence-corrected chi connectivity index (χ0v) is 11.8. The molecule has 2 aromatic rings. The number of hydrogen-bond donors (Lipinski definition) is 0. The van der Waals surface area contributed by atoms with Gasteiger partial charge in [0.25, 0.3) is 0 Å². The van der Waals surface area contributed by atoms with E-state index in [1.807, 2.05) is 0 Å². The molecule has 0 aliphatic rings. The molecule has 0 heteroatoms. The molecular weight excluding hydrogens is 216 g/mol. The normalized spacial score (nSPS) is 10.7. The highest BCUT2D eigenvalue weighted by Gasteiger charge is 2.09. The molecule has 0 aromatic heterocycles. The van der Waals surface area contributed by atoms with E-state index in [2.05, 4.69) is 64.1 Å². The van der Waals surface area contributed by atoms with Gasteiger partial charge in [0.05, 0.1) is 0 Å². The zero-order chi connectivity index (χ0) is 13.1. The first-order valence-corrected chi connectivity index (χ1v) is 6.77. The third-order valence-corrected chi connectivity index (χ3v) is 3.42. The second-order valence-corrected chi connectivity index (χ2v) is 4.91. The highest BCUT2D eigenvalue weighted by atomic mass is 14.1. The summed E-state index contributed by atoms with van der Waals surface area (Å²) in [6.45, 7) is 8.73. The van der Waals surface area contributed by atoms with Crippen LogP contribution in [0.2, 0.25) is 0 Å². The average Bonchev–Trinajstić information content (AvgIpc) is 2.36. The van der Waals surface area contributed by atoms with E-state index in [-0.39, 0.29) is 0 Å². The van der Waals surface area contributed by atoms with Crippen LogP contribution in [0.25, 0.3) is 11.1 Å². The van der Waals surface area contributed by atoms with E-state index in [0.717, 1.165) is 12.8 Å². The van der Waals surface area contributed by atoms with E-state index in [4.69, 9.17) is 0 Å². The van der Waals surface area contributed by atoms with Gasteiger partial charge in [-0.25, -0.2) is 0 Å². The monoisotopic (exact) mass is 237 g/mol. The van der Waals surface area contributed by atoms with Crippen molar-refractivity contribution in [1.29, 1.82) is 0 Å². The van der Waals surface area contributed by atoms with Gasteiger partial charge in [0.1, 0.15) is 0 Å². The van der Waals surface area contributed by atoms with Crippen molar-refractivity contribution in [2.45, 2.75) is 40.5 Å².